The number of imidazole rings is 1. The van der Waals surface area contributed by atoms with Crippen LogP contribution in [0.3, 0.4) is 0 Å². The van der Waals surface area contributed by atoms with Crippen molar-refractivity contribution in [2.45, 2.75) is 10.9 Å². The van der Waals surface area contributed by atoms with Gasteiger partial charge in [0.15, 0.2) is 5.16 Å². The minimum Gasteiger partial charge on any atom is -0.291 e. The summed E-state index contributed by atoms with van der Waals surface area (Å²) in [4.78, 5) is 8.70. The topological polar surface area (TPSA) is 60.9 Å². The second-order valence-electron chi connectivity index (χ2n) is 4.81. The molecule has 8 heteroatoms. The van der Waals surface area contributed by atoms with Gasteiger partial charge in [0.1, 0.15) is 6.33 Å². The molecule has 0 spiro atoms. The van der Waals surface area contributed by atoms with Gasteiger partial charge in [-0.05, 0) is 24.3 Å². The van der Waals surface area contributed by atoms with E-state index in [1.807, 2.05) is 51.7 Å². The predicted octanol–water partition coefficient (Wildman–Crippen LogP) is 3.26. The lowest BCUT2D eigenvalue weighted by Crippen LogP contribution is -1.95. The van der Waals surface area contributed by atoms with Crippen LogP contribution in [-0.2, 0) is 5.75 Å². The van der Waals surface area contributed by atoms with Gasteiger partial charge in [0.05, 0.1) is 11.4 Å². The molecule has 0 aliphatic rings. The Hall–Kier alpha value is -2.38. The number of thioether (sulfide) groups is 1. The summed E-state index contributed by atoms with van der Waals surface area (Å²) in [6, 6.07) is 9.46. The van der Waals surface area contributed by atoms with E-state index in [0.29, 0.717) is 16.6 Å². The maximum atomic E-state index is 6.05. The molecule has 0 fully saturated rings. The zero-order chi connectivity index (χ0) is 15.6. The van der Waals surface area contributed by atoms with Crippen LogP contribution in [0, 0.1) is 0 Å². The summed E-state index contributed by atoms with van der Waals surface area (Å²) in [5, 5.41) is 9.64. The maximum Gasteiger partial charge on any atom is 0.233 e. The van der Waals surface area contributed by atoms with Crippen LogP contribution in [0.4, 0.5) is 0 Å². The average molecular weight is 343 g/mol. The molecule has 0 unspecified atom stereocenters. The van der Waals surface area contributed by atoms with Crippen LogP contribution >= 0.6 is 23.4 Å². The van der Waals surface area contributed by atoms with Crippen molar-refractivity contribution in [1.29, 1.82) is 0 Å². The number of halogens is 1. The summed E-state index contributed by atoms with van der Waals surface area (Å²) in [7, 11) is 0. The van der Waals surface area contributed by atoms with Gasteiger partial charge in [0, 0.05) is 29.4 Å². The summed E-state index contributed by atoms with van der Waals surface area (Å²) < 4.78 is 3.81. The van der Waals surface area contributed by atoms with Crippen LogP contribution in [0.25, 0.3) is 11.5 Å². The highest BCUT2D eigenvalue weighted by molar-refractivity contribution is 7.98. The normalized spacial score (nSPS) is 11.2. The van der Waals surface area contributed by atoms with Crippen molar-refractivity contribution in [2.24, 2.45) is 0 Å². The lowest BCUT2D eigenvalue weighted by Gasteiger charge is -2.05. The quantitative estimate of drug-likeness (QED) is 0.533. The Balaban J connectivity index is 1.57. The summed E-state index contributed by atoms with van der Waals surface area (Å²) in [5.74, 6) is 1.38. The van der Waals surface area contributed by atoms with E-state index in [1.165, 1.54) is 0 Å². The molecule has 0 radical (unpaired) electrons. The van der Waals surface area contributed by atoms with Crippen LogP contribution in [0.15, 0.2) is 60.4 Å². The number of nitrogens with zero attached hydrogens (tertiary/aromatic N) is 6. The monoisotopic (exact) mass is 342 g/mol. The van der Waals surface area contributed by atoms with E-state index in [4.69, 9.17) is 11.6 Å². The van der Waals surface area contributed by atoms with Crippen LogP contribution in [0.2, 0.25) is 5.02 Å². The molecule has 4 aromatic rings. The van der Waals surface area contributed by atoms with Gasteiger partial charge in [-0.1, -0.05) is 29.4 Å². The molecule has 0 N–H and O–H groups in total. The summed E-state index contributed by atoms with van der Waals surface area (Å²) in [6.45, 7) is 0. The third-order valence-electron chi connectivity index (χ3n) is 3.24. The molecule has 4 rings (SSSR count). The molecule has 0 aliphatic carbocycles. The fraction of sp³-hybridized carbons (Fsp3) is 0.0667. The largest absolute Gasteiger partial charge is 0.291 e. The van der Waals surface area contributed by atoms with Gasteiger partial charge in [0.25, 0.3) is 0 Å². The van der Waals surface area contributed by atoms with Gasteiger partial charge < -0.3 is 0 Å². The van der Waals surface area contributed by atoms with Crippen molar-refractivity contribution in [3.63, 3.8) is 0 Å². The molecule has 0 saturated carbocycles. The van der Waals surface area contributed by atoms with Crippen molar-refractivity contribution >= 4 is 29.1 Å². The lowest BCUT2D eigenvalue weighted by atomic mass is 10.3. The van der Waals surface area contributed by atoms with Crippen molar-refractivity contribution < 1.29 is 0 Å². The summed E-state index contributed by atoms with van der Waals surface area (Å²) in [6.07, 6.45) is 7.31. The molecule has 1 aromatic carbocycles. The third kappa shape index (κ3) is 2.93. The van der Waals surface area contributed by atoms with E-state index in [0.717, 1.165) is 16.5 Å². The van der Waals surface area contributed by atoms with Crippen LogP contribution in [0.5, 0.6) is 0 Å². The smallest absolute Gasteiger partial charge is 0.233 e. The second-order valence-corrected chi connectivity index (χ2v) is 6.19. The van der Waals surface area contributed by atoms with Crippen molar-refractivity contribution in [3.8, 4) is 5.69 Å². The van der Waals surface area contributed by atoms with E-state index in [2.05, 4.69) is 20.2 Å². The lowest BCUT2D eigenvalue weighted by molar-refractivity contribution is 0.883. The number of aromatic nitrogens is 6. The number of benzene rings is 1. The standard InChI is InChI=1S/C15H11ClN6S/c16-11-3-1-4-13(7-11)22-10-18-20-15(22)23-9-12-8-21-6-2-5-17-14(21)19-12/h1-8,10H,9H2. The molecular formula is C15H11ClN6S. The maximum absolute atomic E-state index is 6.05. The van der Waals surface area contributed by atoms with Gasteiger partial charge in [-0.25, -0.2) is 9.97 Å². The Morgan fingerprint density at radius 1 is 1.22 bits per heavy atom. The van der Waals surface area contributed by atoms with E-state index >= 15 is 0 Å². The molecule has 0 atom stereocenters. The fourth-order valence-corrected chi connectivity index (χ4v) is 3.21. The second kappa shape index (κ2) is 6.02. The Labute approximate surface area is 141 Å². The summed E-state index contributed by atoms with van der Waals surface area (Å²) >= 11 is 7.62. The highest BCUT2D eigenvalue weighted by atomic mass is 35.5. The zero-order valence-electron chi connectivity index (χ0n) is 11.9. The number of fused-ring (bicyclic) bond motifs is 1. The van der Waals surface area contributed by atoms with E-state index in [9.17, 15) is 0 Å². The zero-order valence-corrected chi connectivity index (χ0v) is 13.4. The molecular weight excluding hydrogens is 332 g/mol. The van der Waals surface area contributed by atoms with Crippen molar-refractivity contribution in [2.75, 3.05) is 0 Å². The molecule has 0 amide bonds. The van der Waals surface area contributed by atoms with Gasteiger partial charge in [-0.2, -0.15) is 0 Å². The van der Waals surface area contributed by atoms with Crippen molar-refractivity contribution in [3.05, 3.63) is 66.0 Å². The van der Waals surface area contributed by atoms with Crippen molar-refractivity contribution in [1.82, 2.24) is 29.1 Å². The van der Waals surface area contributed by atoms with Crippen LogP contribution in [-0.4, -0.2) is 29.1 Å². The van der Waals surface area contributed by atoms with Gasteiger partial charge >= 0.3 is 0 Å². The molecule has 3 aromatic heterocycles. The molecule has 0 saturated heterocycles. The minimum absolute atomic E-state index is 0.679. The molecule has 23 heavy (non-hydrogen) atoms. The molecule has 6 nitrogen and oxygen atoms in total. The Morgan fingerprint density at radius 2 is 2.17 bits per heavy atom. The Morgan fingerprint density at radius 3 is 3.04 bits per heavy atom. The first-order chi connectivity index (χ1) is 11.3. The molecule has 0 aliphatic heterocycles. The highest BCUT2D eigenvalue weighted by Gasteiger charge is 2.09. The number of rotatable bonds is 4. The van der Waals surface area contributed by atoms with Gasteiger partial charge in [-0.3, -0.25) is 8.97 Å². The van der Waals surface area contributed by atoms with Gasteiger partial charge in [-0.15, -0.1) is 10.2 Å². The minimum atomic E-state index is 0.679. The van der Waals surface area contributed by atoms with E-state index in [1.54, 1.807) is 24.3 Å². The third-order valence-corrected chi connectivity index (χ3v) is 4.45. The number of hydrogen-bond donors (Lipinski definition) is 0. The SMILES string of the molecule is Clc1cccc(-n2cnnc2SCc2cn3cccnc3n2)c1. The highest BCUT2D eigenvalue weighted by Crippen LogP contribution is 2.24. The Bertz CT molecular complexity index is 930. The van der Waals surface area contributed by atoms with Gasteiger partial charge in [0.2, 0.25) is 5.78 Å². The molecule has 3 heterocycles. The Kier molecular flexibility index (Phi) is 3.72. The van der Waals surface area contributed by atoms with E-state index < -0.39 is 0 Å². The molecule has 114 valence electrons. The first-order valence-corrected chi connectivity index (χ1v) is 8.23. The first kappa shape index (κ1) is 14.2. The van der Waals surface area contributed by atoms with Crippen LogP contribution < -0.4 is 0 Å². The predicted molar refractivity (Wildman–Crippen MR) is 88.9 cm³/mol. The average Bonchev–Trinajstić information content (AvgIpc) is 3.19. The molecule has 0 bridgehead atoms. The number of hydrogen-bond acceptors (Lipinski definition) is 5. The van der Waals surface area contributed by atoms with Crippen LogP contribution in [0.1, 0.15) is 5.69 Å². The summed E-state index contributed by atoms with van der Waals surface area (Å²) in [5.41, 5.74) is 1.87. The fourth-order valence-electron chi connectivity index (χ4n) is 2.21. The first-order valence-electron chi connectivity index (χ1n) is 6.87. The van der Waals surface area contributed by atoms with E-state index in [-0.39, 0.29) is 0 Å².